The van der Waals surface area contributed by atoms with Gasteiger partial charge in [0.2, 0.25) is 10.0 Å². The summed E-state index contributed by atoms with van der Waals surface area (Å²) in [4.78, 5) is 1.99. The zero-order valence-corrected chi connectivity index (χ0v) is 18.8. The SMILES string of the molecule is CS(=O)(=O)N1C[C@@H](N2Cc3cn(S(C)(=O)=O)nc3C2)CC(N)[C@H]1C1CC(F)=CC=C1F. The molecule has 1 saturated heterocycles. The van der Waals surface area contributed by atoms with Crippen molar-refractivity contribution in [3.05, 3.63) is 41.3 Å². The molecule has 13 heteroatoms. The van der Waals surface area contributed by atoms with Crippen LogP contribution in [0, 0.1) is 5.92 Å². The van der Waals surface area contributed by atoms with Crippen molar-refractivity contribution in [2.24, 2.45) is 11.7 Å². The van der Waals surface area contributed by atoms with Crippen molar-refractivity contribution in [2.45, 2.75) is 44.1 Å². The third-order valence-electron chi connectivity index (χ3n) is 6.18. The van der Waals surface area contributed by atoms with Gasteiger partial charge in [0, 0.05) is 61.9 Å². The number of piperidine rings is 1. The Morgan fingerprint density at radius 2 is 1.81 bits per heavy atom. The number of rotatable bonds is 4. The van der Waals surface area contributed by atoms with Crippen LogP contribution in [0.15, 0.2) is 30.0 Å². The number of hydrogen-bond donors (Lipinski definition) is 1. The minimum atomic E-state index is -3.75. The first-order valence-corrected chi connectivity index (χ1v) is 13.5. The lowest BCUT2D eigenvalue weighted by Gasteiger charge is -2.47. The quantitative estimate of drug-likeness (QED) is 0.669. The second-order valence-electron chi connectivity index (χ2n) is 8.49. The Balaban J connectivity index is 1.56. The third-order valence-corrected chi connectivity index (χ3v) is 8.29. The molecule has 0 aromatic carbocycles. The van der Waals surface area contributed by atoms with Crippen LogP contribution in [0.5, 0.6) is 0 Å². The van der Waals surface area contributed by atoms with E-state index in [4.69, 9.17) is 5.73 Å². The van der Waals surface area contributed by atoms with E-state index in [0.29, 0.717) is 25.2 Å². The van der Waals surface area contributed by atoms with Crippen molar-refractivity contribution in [3.63, 3.8) is 0 Å². The first kappa shape index (κ1) is 22.5. The zero-order chi connectivity index (χ0) is 22.7. The number of allylic oxidation sites excluding steroid dienone is 3. The van der Waals surface area contributed by atoms with Crippen molar-refractivity contribution < 1.29 is 25.6 Å². The van der Waals surface area contributed by atoms with Crippen LogP contribution in [0.4, 0.5) is 8.78 Å². The van der Waals surface area contributed by atoms with Crippen LogP contribution in [0.1, 0.15) is 24.1 Å². The Kier molecular flexibility index (Phi) is 5.61. The number of halogens is 2. The highest BCUT2D eigenvalue weighted by Gasteiger charge is 2.47. The number of aromatic nitrogens is 2. The van der Waals surface area contributed by atoms with Crippen molar-refractivity contribution in [1.82, 2.24) is 18.4 Å². The molecule has 3 aliphatic rings. The maximum absolute atomic E-state index is 14.5. The lowest BCUT2D eigenvalue weighted by atomic mass is 9.82. The maximum atomic E-state index is 14.5. The number of fused-ring (bicyclic) bond motifs is 1. The molecule has 1 aliphatic carbocycles. The summed E-state index contributed by atoms with van der Waals surface area (Å²) in [5.74, 6) is -2.06. The van der Waals surface area contributed by atoms with Crippen LogP contribution in [0.2, 0.25) is 0 Å². The standard InChI is InChI=1S/C18H25F2N5O4S2/c1-30(26,27)24-9-13(6-16(21)18(24)14-5-12(19)3-4-15(14)20)23-7-11-8-25(31(2,28)29)22-17(11)10-23/h3-4,8,13-14,16,18H,5-7,9-10,21H2,1-2H3/t13-,14?,16?,18+/m0/s1. The molecule has 4 rings (SSSR count). The van der Waals surface area contributed by atoms with Crippen LogP contribution in [0.25, 0.3) is 0 Å². The van der Waals surface area contributed by atoms with E-state index in [-0.39, 0.29) is 19.0 Å². The predicted molar refractivity (Wildman–Crippen MR) is 110 cm³/mol. The van der Waals surface area contributed by atoms with E-state index in [9.17, 15) is 25.6 Å². The van der Waals surface area contributed by atoms with E-state index in [2.05, 4.69) is 5.10 Å². The largest absolute Gasteiger partial charge is 0.326 e. The summed E-state index contributed by atoms with van der Waals surface area (Å²) < 4.78 is 79.0. The minimum Gasteiger partial charge on any atom is -0.326 e. The molecule has 2 aliphatic heterocycles. The molecule has 0 bridgehead atoms. The van der Waals surface area contributed by atoms with E-state index in [0.717, 1.165) is 34.3 Å². The van der Waals surface area contributed by atoms with Gasteiger partial charge in [-0.15, -0.1) is 0 Å². The molecule has 3 heterocycles. The molecule has 0 radical (unpaired) electrons. The molecule has 1 aromatic heterocycles. The summed E-state index contributed by atoms with van der Waals surface area (Å²) in [5, 5.41) is 4.12. The third kappa shape index (κ3) is 4.33. The molecule has 2 unspecified atom stereocenters. The first-order valence-electron chi connectivity index (χ1n) is 9.80. The molecule has 172 valence electrons. The van der Waals surface area contributed by atoms with Gasteiger partial charge in [-0.1, -0.05) is 0 Å². The molecule has 1 aromatic rings. The monoisotopic (exact) mass is 477 g/mol. The molecule has 0 spiro atoms. The molecular weight excluding hydrogens is 452 g/mol. The van der Waals surface area contributed by atoms with E-state index < -0.39 is 49.7 Å². The number of nitrogens with zero attached hydrogens (tertiary/aromatic N) is 4. The van der Waals surface area contributed by atoms with Gasteiger partial charge in [-0.3, -0.25) is 4.90 Å². The summed E-state index contributed by atoms with van der Waals surface area (Å²) in [7, 11) is -7.23. The van der Waals surface area contributed by atoms with Gasteiger partial charge < -0.3 is 5.73 Å². The van der Waals surface area contributed by atoms with Crippen LogP contribution in [-0.2, 0) is 33.1 Å². The van der Waals surface area contributed by atoms with Crippen molar-refractivity contribution in [3.8, 4) is 0 Å². The number of sulfonamides is 1. The van der Waals surface area contributed by atoms with Gasteiger partial charge in [-0.25, -0.2) is 25.6 Å². The van der Waals surface area contributed by atoms with E-state index in [1.165, 1.54) is 10.5 Å². The second-order valence-corrected chi connectivity index (χ2v) is 12.3. The van der Waals surface area contributed by atoms with Crippen LogP contribution >= 0.6 is 0 Å². The van der Waals surface area contributed by atoms with Crippen LogP contribution in [0.3, 0.4) is 0 Å². The van der Waals surface area contributed by atoms with Crippen molar-refractivity contribution >= 4 is 20.0 Å². The second kappa shape index (κ2) is 7.73. The smallest absolute Gasteiger partial charge is 0.250 e. The fourth-order valence-electron chi connectivity index (χ4n) is 4.72. The van der Waals surface area contributed by atoms with Gasteiger partial charge >= 0.3 is 0 Å². The normalized spacial score (nSPS) is 30.7. The lowest BCUT2D eigenvalue weighted by molar-refractivity contribution is 0.0696. The Bertz CT molecular complexity index is 1140. The fourth-order valence-corrected chi connectivity index (χ4v) is 6.48. The predicted octanol–water partition coefficient (Wildman–Crippen LogP) is 0.463. The van der Waals surface area contributed by atoms with E-state index in [1.54, 1.807) is 0 Å². The number of hydrogen-bond acceptors (Lipinski definition) is 7. The molecule has 0 saturated carbocycles. The van der Waals surface area contributed by atoms with Gasteiger partial charge in [0.1, 0.15) is 11.7 Å². The zero-order valence-electron chi connectivity index (χ0n) is 17.1. The highest BCUT2D eigenvalue weighted by molar-refractivity contribution is 7.89. The van der Waals surface area contributed by atoms with Gasteiger partial charge in [0.25, 0.3) is 10.0 Å². The maximum Gasteiger partial charge on any atom is 0.250 e. The minimum absolute atomic E-state index is 0.0860. The van der Waals surface area contributed by atoms with Crippen LogP contribution in [-0.4, -0.2) is 72.4 Å². The summed E-state index contributed by atoms with van der Waals surface area (Å²) in [6.07, 6.45) is 5.80. The molecule has 1 fully saturated rings. The molecule has 2 N–H and O–H groups in total. The van der Waals surface area contributed by atoms with Gasteiger partial charge in [-0.2, -0.15) is 13.5 Å². The Hall–Kier alpha value is -1.67. The topological polar surface area (TPSA) is 119 Å². The summed E-state index contributed by atoms with van der Waals surface area (Å²) in [6.45, 7) is 0.842. The van der Waals surface area contributed by atoms with Gasteiger partial charge in [-0.05, 0) is 18.6 Å². The highest BCUT2D eigenvalue weighted by atomic mass is 32.2. The molecule has 0 amide bonds. The fraction of sp³-hybridized carbons (Fsp3) is 0.611. The average molecular weight is 478 g/mol. The van der Waals surface area contributed by atoms with E-state index >= 15 is 0 Å². The molecule has 31 heavy (non-hydrogen) atoms. The summed E-state index contributed by atoms with van der Waals surface area (Å²) in [6, 6.07) is -1.85. The van der Waals surface area contributed by atoms with Crippen molar-refractivity contribution in [2.75, 3.05) is 19.1 Å². The first-order chi connectivity index (χ1) is 14.3. The summed E-state index contributed by atoms with van der Waals surface area (Å²) in [5.41, 5.74) is 7.72. The number of nitrogens with two attached hydrogens (primary N) is 1. The van der Waals surface area contributed by atoms with Crippen LogP contribution < -0.4 is 5.73 Å². The Morgan fingerprint density at radius 1 is 1.10 bits per heavy atom. The summed E-state index contributed by atoms with van der Waals surface area (Å²) >= 11 is 0. The molecular formula is C18H25F2N5O4S2. The Morgan fingerprint density at radius 3 is 2.42 bits per heavy atom. The van der Waals surface area contributed by atoms with Gasteiger partial charge in [0.15, 0.2) is 0 Å². The van der Waals surface area contributed by atoms with Gasteiger partial charge in [0.05, 0.1) is 18.2 Å². The highest BCUT2D eigenvalue weighted by Crippen LogP contribution is 2.38. The van der Waals surface area contributed by atoms with E-state index in [1.807, 2.05) is 4.90 Å². The van der Waals surface area contributed by atoms with Crippen molar-refractivity contribution in [1.29, 1.82) is 0 Å². The molecule has 9 nitrogen and oxygen atoms in total. The molecule has 4 atom stereocenters. The lowest BCUT2D eigenvalue weighted by Crippen LogP contribution is -2.63. The average Bonchev–Trinajstić information content (AvgIpc) is 3.21. The Labute approximate surface area is 180 Å².